The number of nitriles is 1. The van der Waals surface area contributed by atoms with Gasteiger partial charge >= 0.3 is 0 Å². The minimum atomic E-state index is 0.383. The number of hydrogen-bond donors (Lipinski definition) is 0. The average Bonchev–Trinajstić information content (AvgIpc) is 2.60. The summed E-state index contributed by atoms with van der Waals surface area (Å²) in [6.07, 6.45) is 3.74. The fourth-order valence-electron chi connectivity index (χ4n) is 1.32. The summed E-state index contributed by atoms with van der Waals surface area (Å²) >= 11 is 0. The Morgan fingerprint density at radius 3 is 2.20 bits per heavy atom. The third-order valence-corrected chi connectivity index (χ3v) is 1.78. The maximum absolute atomic E-state index is 8.80. The molecule has 2 heterocycles. The first-order chi connectivity index (χ1) is 7.20. The van der Waals surface area contributed by atoms with Gasteiger partial charge in [-0.25, -0.2) is 9.97 Å². The van der Waals surface area contributed by atoms with Crippen molar-refractivity contribution in [2.45, 2.75) is 27.7 Å². The molecule has 0 aliphatic carbocycles. The highest BCUT2D eigenvalue weighted by Gasteiger charge is 2.05. The summed E-state index contributed by atoms with van der Waals surface area (Å²) in [5, 5.41) is 8.80. The van der Waals surface area contributed by atoms with E-state index in [-0.39, 0.29) is 0 Å². The van der Waals surface area contributed by atoms with Crippen LogP contribution in [0.15, 0.2) is 12.4 Å². The normalized spacial score (nSPS) is 9.27. The minimum absolute atomic E-state index is 0.383. The second kappa shape index (κ2) is 4.56. The molecule has 2 aromatic heterocycles. The van der Waals surface area contributed by atoms with Crippen LogP contribution in [0.5, 0.6) is 0 Å². The fraction of sp³-hybridized carbons (Fsp3) is 0.364. The Kier molecular flexibility index (Phi) is 3.40. The molecule has 4 heteroatoms. The molecule has 0 saturated carbocycles. The van der Waals surface area contributed by atoms with E-state index in [0.717, 1.165) is 11.4 Å². The Bertz CT molecular complexity index is 505. The molecule has 0 spiro atoms. The molecule has 0 unspecified atom stereocenters. The van der Waals surface area contributed by atoms with Crippen molar-refractivity contribution in [1.29, 1.82) is 5.26 Å². The number of aromatic nitrogens is 3. The van der Waals surface area contributed by atoms with Crippen LogP contribution in [0.2, 0.25) is 0 Å². The standard InChI is InChI=1S/C9H8N4.C2H6/c1-6-4-13-5-7(2)12-9(13)8(3-10)11-6;1-2/h4-5H,1-2H3;1-2H3. The van der Waals surface area contributed by atoms with Crippen molar-refractivity contribution in [3.8, 4) is 6.07 Å². The summed E-state index contributed by atoms with van der Waals surface area (Å²) < 4.78 is 1.83. The summed E-state index contributed by atoms with van der Waals surface area (Å²) in [6, 6.07) is 2.03. The van der Waals surface area contributed by atoms with Crippen molar-refractivity contribution < 1.29 is 0 Å². The quantitative estimate of drug-likeness (QED) is 0.658. The monoisotopic (exact) mass is 202 g/mol. The van der Waals surface area contributed by atoms with Crippen LogP contribution in [0.4, 0.5) is 0 Å². The second-order valence-corrected chi connectivity index (χ2v) is 2.96. The zero-order chi connectivity index (χ0) is 11.4. The lowest BCUT2D eigenvalue weighted by molar-refractivity contribution is 1.05. The van der Waals surface area contributed by atoms with Crippen LogP contribution in [0, 0.1) is 25.2 Å². The molecular formula is C11H14N4. The maximum atomic E-state index is 8.80. The van der Waals surface area contributed by atoms with Gasteiger partial charge in [0.15, 0.2) is 11.3 Å². The number of rotatable bonds is 0. The van der Waals surface area contributed by atoms with Crippen molar-refractivity contribution in [2.75, 3.05) is 0 Å². The van der Waals surface area contributed by atoms with Crippen molar-refractivity contribution in [1.82, 2.24) is 14.4 Å². The summed E-state index contributed by atoms with van der Waals surface area (Å²) in [5.41, 5.74) is 2.73. The van der Waals surface area contributed by atoms with Crippen molar-refractivity contribution in [2.24, 2.45) is 0 Å². The molecule has 0 radical (unpaired) electrons. The van der Waals surface area contributed by atoms with Gasteiger partial charge in [0, 0.05) is 12.4 Å². The van der Waals surface area contributed by atoms with E-state index in [9.17, 15) is 0 Å². The zero-order valence-electron chi connectivity index (χ0n) is 9.44. The summed E-state index contributed by atoms with van der Waals surface area (Å²) in [6.45, 7) is 7.75. The van der Waals surface area contributed by atoms with Gasteiger partial charge in [-0.1, -0.05) is 13.8 Å². The molecule has 0 bridgehead atoms. The number of fused-ring (bicyclic) bond motifs is 1. The van der Waals surface area contributed by atoms with E-state index in [1.165, 1.54) is 0 Å². The molecule has 0 fully saturated rings. The van der Waals surface area contributed by atoms with Gasteiger partial charge in [-0.3, -0.25) is 0 Å². The van der Waals surface area contributed by atoms with Gasteiger partial charge in [0.1, 0.15) is 6.07 Å². The van der Waals surface area contributed by atoms with Crippen LogP contribution in [-0.4, -0.2) is 14.4 Å². The van der Waals surface area contributed by atoms with Crippen LogP contribution in [0.3, 0.4) is 0 Å². The lowest BCUT2D eigenvalue weighted by atomic mass is 10.4. The van der Waals surface area contributed by atoms with Gasteiger partial charge in [-0.15, -0.1) is 0 Å². The number of hydrogen-bond acceptors (Lipinski definition) is 3. The van der Waals surface area contributed by atoms with Crippen LogP contribution < -0.4 is 0 Å². The van der Waals surface area contributed by atoms with E-state index < -0.39 is 0 Å². The first-order valence-electron chi connectivity index (χ1n) is 4.94. The van der Waals surface area contributed by atoms with E-state index in [2.05, 4.69) is 9.97 Å². The largest absolute Gasteiger partial charge is 0.303 e. The third-order valence-electron chi connectivity index (χ3n) is 1.78. The molecule has 78 valence electrons. The average molecular weight is 202 g/mol. The molecule has 15 heavy (non-hydrogen) atoms. The lowest BCUT2D eigenvalue weighted by Crippen LogP contribution is -1.94. The van der Waals surface area contributed by atoms with Gasteiger partial charge < -0.3 is 4.40 Å². The summed E-state index contributed by atoms with van der Waals surface area (Å²) in [4.78, 5) is 8.29. The predicted octanol–water partition coefficient (Wildman–Crippen LogP) is 2.24. The Hall–Kier alpha value is -1.89. The Balaban J connectivity index is 0.000000531. The van der Waals surface area contributed by atoms with Gasteiger partial charge in [-0.2, -0.15) is 5.26 Å². The Morgan fingerprint density at radius 1 is 1.13 bits per heavy atom. The molecule has 2 rings (SSSR count). The number of imidazole rings is 1. The topological polar surface area (TPSA) is 54.0 Å². The molecule has 0 atom stereocenters. The van der Waals surface area contributed by atoms with E-state index in [1.54, 1.807) is 0 Å². The summed E-state index contributed by atoms with van der Waals surface area (Å²) in [7, 11) is 0. The van der Waals surface area contributed by atoms with Crippen LogP contribution in [-0.2, 0) is 0 Å². The molecule has 2 aromatic rings. The minimum Gasteiger partial charge on any atom is -0.303 e. The van der Waals surface area contributed by atoms with Gasteiger partial charge in [0.25, 0.3) is 0 Å². The van der Waals surface area contributed by atoms with Gasteiger partial charge in [0.05, 0.1) is 11.4 Å². The molecule has 0 aromatic carbocycles. The SMILES string of the molecule is CC.Cc1cn2cc(C)nc2c(C#N)n1. The van der Waals surface area contributed by atoms with Gasteiger partial charge in [-0.05, 0) is 13.8 Å². The van der Waals surface area contributed by atoms with Crippen LogP contribution in [0.25, 0.3) is 5.65 Å². The van der Waals surface area contributed by atoms with E-state index in [0.29, 0.717) is 11.3 Å². The third kappa shape index (κ3) is 2.13. The molecule has 0 saturated heterocycles. The smallest absolute Gasteiger partial charge is 0.184 e. The van der Waals surface area contributed by atoms with E-state index >= 15 is 0 Å². The molecule has 0 N–H and O–H groups in total. The second-order valence-electron chi connectivity index (χ2n) is 2.96. The Morgan fingerprint density at radius 2 is 1.67 bits per heavy atom. The molecule has 0 aliphatic heterocycles. The predicted molar refractivity (Wildman–Crippen MR) is 58.5 cm³/mol. The maximum Gasteiger partial charge on any atom is 0.184 e. The number of nitrogens with zero attached hydrogens (tertiary/aromatic N) is 4. The molecule has 4 nitrogen and oxygen atoms in total. The highest BCUT2D eigenvalue weighted by molar-refractivity contribution is 5.51. The molecule has 0 aliphatic rings. The fourth-order valence-corrected chi connectivity index (χ4v) is 1.32. The Labute approximate surface area is 89.2 Å². The van der Waals surface area contributed by atoms with Crippen molar-refractivity contribution in [3.05, 3.63) is 29.5 Å². The first kappa shape index (κ1) is 11.2. The number of aryl methyl sites for hydroxylation is 2. The lowest BCUT2D eigenvalue weighted by Gasteiger charge is -1.96. The zero-order valence-corrected chi connectivity index (χ0v) is 9.44. The van der Waals surface area contributed by atoms with E-state index in [4.69, 9.17) is 5.26 Å². The van der Waals surface area contributed by atoms with Crippen LogP contribution in [0.1, 0.15) is 30.9 Å². The summed E-state index contributed by atoms with van der Waals surface area (Å²) in [5.74, 6) is 0. The highest BCUT2D eigenvalue weighted by Crippen LogP contribution is 2.08. The van der Waals surface area contributed by atoms with E-state index in [1.807, 2.05) is 50.6 Å². The molecule has 0 amide bonds. The molecular weight excluding hydrogens is 188 g/mol. The first-order valence-corrected chi connectivity index (χ1v) is 4.94. The van der Waals surface area contributed by atoms with Crippen LogP contribution >= 0.6 is 0 Å². The van der Waals surface area contributed by atoms with Crippen molar-refractivity contribution >= 4 is 5.65 Å². The van der Waals surface area contributed by atoms with Crippen molar-refractivity contribution in [3.63, 3.8) is 0 Å². The van der Waals surface area contributed by atoms with Gasteiger partial charge in [0.2, 0.25) is 0 Å². The highest BCUT2D eigenvalue weighted by atomic mass is 15.0.